The fraction of sp³-hybridized carbons (Fsp3) is 0.276. The molecule has 0 saturated heterocycles. The molecule has 8 nitrogen and oxygen atoms in total. The van der Waals surface area contributed by atoms with Crippen LogP contribution >= 0.6 is 31.9 Å². The Hall–Kier alpha value is -5.14. The van der Waals surface area contributed by atoms with Crippen molar-refractivity contribution in [2.45, 2.75) is 10.8 Å². The van der Waals surface area contributed by atoms with E-state index in [1.54, 1.807) is 14.2 Å². The molecule has 0 amide bonds. The van der Waals surface area contributed by atoms with E-state index in [-0.39, 0.29) is 0 Å². The highest BCUT2D eigenvalue weighted by Gasteiger charge is 2.51. The van der Waals surface area contributed by atoms with Crippen molar-refractivity contribution in [3.8, 4) is 33.8 Å². The molecule has 0 N–H and O–H groups in total. The summed E-state index contributed by atoms with van der Waals surface area (Å²) < 4.78 is 47.2. The predicted octanol–water partition coefficient (Wildman–Crippen LogP) is 12.1. The molecule has 0 saturated carbocycles. The SMILES string of the molecule is COCCOCCOCCOc1ccc([C@@]2(c3ccccc3)c3cc(Br)ccc3-c3cc4c(cc32)-c2ccc(Br)cc2[C@]4(c2ccccc2)c2ccc(OCCOCCOCCOC)cc2)cc1. The van der Waals surface area contributed by atoms with E-state index in [0.717, 1.165) is 31.6 Å². The average Bonchev–Trinajstić information content (AvgIpc) is 3.81. The Morgan fingerprint density at radius 1 is 0.324 bits per heavy atom. The number of methoxy groups -OCH3 is 2. The van der Waals surface area contributed by atoms with E-state index in [2.05, 4.69) is 190 Å². The van der Waals surface area contributed by atoms with Gasteiger partial charge in [0.05, 0.1) is 76.9 Å². The largest absolute Gasteiger partial charge is 0.491 e. The first kappa shape index (κ1) is 47.9. The Morgan fingerprint density at radius 3 is 1.01 bits per heavy atom. The number of fused-ring (bicyclic) bond motifs is 6. The summed E-state index contributed by atoms with van der Waals surface area (Å²) in [6.07, 6.45) is 0. The monoisotopic (exact) mass is 1040 g/mol. The zero-order valence-electron chi connectivity index (χ0n) is 38.5. The normalized spacial score (nSPS) is 16.5. The molecule has 350 valence electrons. The first-order valence-corrected chi connectivity index (χ1v) is 24.7. The van der Waals surface area contributed by atoms with Gasteiger partial charge in [-0.1, -0.05) is 129 Å². The summed E-state index contributed by atoms with van der Waals surface area (Å²) in [6.45, 7) is 6.09. The standard InChI is InChI=1S/C58H56Br2O8/c1-61-25-27-63-29-31-65-33-35-67-47-19-13-43(14-20-47)57(41-9-5-3-6-10-41)53-37-45(59)17-23-49(53)51-40-56-52(39-55(51)57)50-24-18-46(60)38-54(50)58(56,42-11-7-4-8-12-42)44-15-21-48(22-16-44)68-36-34-66-32-30-64-28-26-62-2/h3-24,37-40H,25-36H2,1-2H3/t57-,58-/m0/s1. The molecule has 0 spiro atoms. The third-order valence-corrected chi connectivity index (χ3v) is 13.9. The second-order valence-corrected chi connectivity index (χ2v) is 18.6. The molecule has 0 heterocycles. The van der Waals surface area contributed by atoms with Gasteiger partial charge in [-0.3, -0.25) is 0 Å². The van der Waals surface area contributed by atoms with Crippen LogP contribution in [0.3, 0.4) is 0 Å². The molecule has 9 rings (SSSR count). The van der Waals surface area contributed by atoms with Crippen LogP contribution in [0.15, 0.2) is 167 Å². The zero-order chi connectivity index (χ0) is 46.8. The van der Waals surface area contributed by atoms with Gasteiger partial charge in [-0.2, -0.15) is 0 Å². The second-order valence-electron chi connectivity index (χ2n) is 16.7. The van der Waals surface area contributed by atoms with Crippen LogP contribution in [-0.4, -0.2) is 93.5 Å². The van der Waals surface area contributed by atoms with Gasteiger partial charge in [0.1, 0.15) is 24.7 Å². The third kappa shape index (κ3) is 9.58. The molecule has 10 heteroatoms. The molecule has 2 aliphatic carbocycles. The lowest BCUT2D eigenvalue weighted by atomic mass is 9.66. The van der Waals surface area contributed by atoms with Crippen LogP contribution in [0.4, 0.5) is 0 Å². The fourth-order valence-corrected chi connectivity index (χ4v) is 10.7. The Labute approximate surface area is 416 Å². The minimum absolute atomic E-state index is 0.432. The fourth-order valence-electron chi connectivity index (χ4n) is 10.0. The quantitative estimate of drug-likeness (QED) is 0.0554. The first-order chi connectivity index (χ1) is 33.5. The topological polar surface area (TPSA) is 73.8 Å². The summed E-state index contributed by atoms with van der Waals surface area (Å²) in [6, 6.07) is 57.6. The maximum Gasteiger partial charge on any atom is 0.119 e. The van der Waals surface area contributed by atoms with Crippen molar-refractivity contribution >= 4 is 31.9 Å². The minimum Gasteiger partial charge on any atom is -0.491 e. The number of rotatable bonds is 24. The lowest BCUT2D eigenvalue weighted by molar-refractivity contribution is 0.0180. The Kier molecular flexibility index (Phi) is 15.9. The molecular weight excluding hydrogens is 984 g/mol. The average molecular weight is 1040 g/mol. The minimum atomic E-state index is -0.650. The van der Waals surface area contributed by atoms with Crippen LogP contribution in [0.2, 0.25) is 0 Å². The van der Waals surface area contributed by atoms with Crippen LogP contribution < -0.4 is 9.47 Å². The van der Waals surface area contributed by atoms with Crippen molar-refractivity contribution < 1.29 is 37.9 Å². The van der Waals surface area contributed by atoms with Crippen LogP contribution in [0, 0.1) is 0 Å². The van der Waals surface area contributed by atoms with Gasteiger partial charge < -0.3 is 37.9 Å². The molecular formula is C58H56Br2O8. The Morgan fingerprint density at radius 2 is 0.647 bits per heavy atom. The van der Waals surface area contributed by atoms with Gasteiger partial charge in [0, 0.05) is 23.2 Å². The van der Waals surface area contributed by atoms with E-state index in [1.807, 2.05) is 0 Å². The molecule has 0 unspecified atom stereocenters. The van der Waals surface area contributed by atoms with Crippen molar-refractivity contribution in [1.29, 1.82) is 0 Å². The summed E-state index contributed by atoms with van der Waals surface area (Å²) in [5.74, 6) is 1.57. The van der Waals surface area contributed by atoms with Gasteiger partial charge in [0.2, 0.25) is 0 Å². The van der Waals surface area contributed by atoms with Crippen molar-refractivity contribution in [1.82, 2.24) is 0 Å². The molecule has 7 aromatic rings. The summed E-state index contributed by atoms with van der Waals surface area (Å²) in [5, 5.41) is 0. The van der Waals surface area contributed by atoms with Gasteiger partial charge in [-0.15, -0.1) is 0 Å². The van der Waals surface area contributed by atoms with Crippen molar-refractivity contribution in [2.75, 3.05) is 93.5 Å². The molecule has 0 fully saturated rings. The molecule has 0 aromatic heterocycles. The number of halogens is 2. The highest BCUT2D eigenvalue weighted by atomic mass is 79.9. The summed E-state index contributed by atoms with van der Waals surface area (Å²) in [5.41, 5.74) is 13.1. The van der Waals surface area contributed by atoms with Crippen molar-refractivity contribution in [3.05, 3.63) is 211 Å². The molecule has 0 radical (unpaired) electrons. The van der Waals surface area contributed by atoms with E-state index < -0.39 is 10.8 Å². The van der Waals surface area contributed by atoms with Crippen LogP contribution in [-0.2, 0) is 39.3 Å². The summed E-state index contributed by atoms with van der Waals surface area (Å²) in [4.78, 5) is 0. The zero-order valence-corrected chi connectivity index (χ0v) is 41.7. The van der Waals surface area contributed by atoms with Gasteiger partial charge in [-0.05, 0) is 127 Å². The molecule has 7 aromatic carbocycles. The summed E-state index contributed by atoms with van der Waals surface area (Å²) in [7, 11) is 3.33. The number of benzene rings is 7. The summed E-state index contributed by atoms with van der Waals surface area (Å²) >= 11 is 7.82. The molecule has 0 bridgehead atoms. The number of hydrogen-bond acceptors (Lipinski definition) is 8. The van der Waals surface area contributed by atoms with Gasteiger partial charge in [-0.25, -0.2) is 0 Å². The highest BCUT2D eigenvalue weighted by molar-refractivity contribution is 9.10. The molecule has 0 aliphatic heterocycles. The maximum atomic E-state index is 6.22. The molecule has 68 heavy (non-hydrogen) atoms. The predicted molar refractivity (Wildman–Crippen MR) is 274 cm³/mol. The van der Waals surface area contributed by atoms with Crippen LogP contribution in [0.1, 0.15) is 44.5 Å². The van der Waals surface area contributed by atoms with Crippen molar-refractivity contribution in [2.24, 2.45) is 0 Å². The van der Waals surface area contributed by atoms with E-state index in [0.29, 0.717) is 79.3 Å². The smallest absolute Gasteiger partial charge is 0.119 e. The molecule has 2 atom stereocenters. The lowest BCUT2D eigenvalue weighted by Gasteiger charge is -2.35. The van der Waals surface area contributed by atoms with E-state index in [1.165, 1.54) is 55.6 Å². The highest BCUT2D eigenvalue weighted by Crippen LogP contribution is 2.63. The van der Waals surface area contributed by atoms with Crippen LogP contribution in [0.25, 0.3) is 22.3 Å². The number of hydrogen-bond donors (Lipinski definition) is 0. The maximum absolute atomic E-state index is 6.22. The second kappa shape index (κ2) is 22.5. The van der Waals surface area contributed by atoms with E-state index >= 15 is 0 Å². The van der Waals surface area contributed by atoms with E-state index in [9.17, 15) is 0 Å². The lowest BCUT2D eigenvalue weighted by Crippen LogP contribution is -2.30. The van der Waals surface area contributed by atoms with E-state index in [4.69, 9.17) is 37.9 Å². The third-order valence-electron chi connectivity index (χ3n) is 12.9. The van der Waals surface area contributed by atoms with Gasteiger partial charge >= 0.3 is 0 Å². The van der Waals surface area contributed by atoms with Crippen LogP contribution in [0.5, 0.6) is 11.5 Å². The van der Waals surface area contributed by atoms with Crippen molar-refractivity contribution in [3.63, 3.8) is 0 Å². The first-order valence-electron chi connectivity index (χ1n) is 23.2. The van der Waals surface area contributed by atoms with Gasteiger partial charge in [0.15, 0.2) is 0 Å². The Bertz CT molecular complexity index is 2560. The van der Waals surface area contributed by atoms with Gasteiger partial charge in [0.25, 0.3) is 0 Å². The molecule has 2 aliphatic rings. The Balaban J connectivity index is 1.11. The number of ether oxygens (including phenoxy) is 8.